The first-order valence-electron chi connectivity index (χ1n) is 10.4. The number of hydrogen-bond donors (Lipinski definition) is 2. The van der Waals surface area contributed by atoms with E-state index < -0.39 is 20.6 Å². The number of aryl methyl sites for hydroxylation is 1. The molecule has 174 valence electrons. The molecule has 0 saturated heterocycles. The van der Waals surface area contributed by atoms with Gasteiger partial charge >= 0.3 is 5.69 Å². The highest BCUT2D eigenvalue weighted by Gasteiger charge is 2.29. The fraction of sp³-hybridized carbons (Fsp3) is 0.130. The number of benzene rings is 3. The number of sulfonamides is 1. The Balaban J connectivity index is 1.73. The number of rotatable bonds is 8. The Kier molecular flexibility index (Phi) is 6.39. The zero-order valence-electron chi connectivity index (χ0n) is 18.5. The molecule has 1 heterocycles. The Labute approximate surface area is 196 Å². The second kappa shape index (κ2) is 9.41. The molecule has 0 atom stereocenters. The molecule has 0 amide bonds. The zero-order chi connectivity index (χ0) is 24.3. The summed E-state index contributed by atoms with van der Waals surface area (Å²) in [5.74, 6) is -0.236. The Morgan fingerprint density at radius 2 is 1.71 bits per heavy atom. The van der Waals surface area contributed by atoms with E-state index in [9.17, 15) is 18.5 Å². The zero-order valence-corrected chi connectivity index (χ0v) is 19.3. The molecule has 4 aromatic rings. The van der Waals surface area contributed by atoms with Crippen molar-refractivity contribution >= 4 is 43.8 Å². The van der Waals surface area contributed by atoms with Gasteiger partial charge < -0.3 is 4.90 Å². The Hall–Kier alpha value is -4.09. The second-order valence-electron chi connectivity index (χ2n) is 7.44. The fourth-order valence-electron chi connectivity index (χ4n) is 3.60. The number of fused-ring (bicyclic) bond motifs is 1. The van der Waals surface area contributed by atoms with Crippen LogP contribution in [0.5, 0.6) is 0 Å². The van der Waals surface area contributed by atoms with Crippen LogP contribution in [-0.4, -0.2) is 29.9 Å². The van der Waals surface area contributed by atoms with Crippen LogP contribution >= 0.6 is 0 Å². The van der Waals surface area contributed by atoms with Crippen molar-refractivity contribution in [3.8, 4) is 0 Å². The van der Waals surface area contributed by atoms with Crippen LogP contribution < -0.4 is 15.2 Å². The number of hydrazine groups is 1. The van der Waals surface area contributed by atoms with Crippen LogP contribution in [0.4, 0.5) is 23.0 Å². The van der Waals surface area contributed by atoms with Gasteiger partial charge in [-0.1, -0.05) is 54.1 Å². The van der Waals surface area contributed by atoms with Gasteiger partial charge in [0, 0.05) is 11.9 Å². The number of nitrogens with one attached hydrogen (secondary N) is 2. The molecule has 0 aliphatic rings. The minimum atomic E-state index is -4.00. The summed E-state index contributed by atoms with van der Waals surface area (Å²) >= 11 is 0. The quantitative estimate of drug-likeness (QED) is 0.283. The molecule has 3 aromatic carbocycles. The number of anilines is 3. The second-order valence-corrected chi connectivity index (χ2v) is 9.12. The van der Waals surface area contributed by atoms with Crippen molar-refractivity contribution in [3.05, 3.63) is 88.7 Å². The molecule has 0 fully saturated rings. The first kappa shape index (κ1) is 23.1. The minimum absolute atomic E-state index is 0.00785. The summed E-state index contributed by atoms with van der Waals surface area (Å²) in [6.45, 7) is 4.06. The third kappa shape index (κ3) is 4.51. The summed E-state index contributed by atoms with van der Waals surface area (Å²) in [6.07, 6.45) is 1.15. The molecule has 0 spiro atoms. The van der Waals surface area contributed by atoms with Gasteiger partial charge in [0.2, 0.25) is 11.6 Å². The standard InChI is InChI=1S/C23H22N6O4S/c1-3-28(20-10-6-8-17-7-4-5-9-19(17)20)23-21(29(30)31)22(24-15-25-23)26-27-34(32,33)18-13-11-16(2)12-14-18/h4-15,27H,3H2,1-2H3,(H,24,25,26). The maximum atomic E-state index is 12.6. The van der Waals surface area contributed by atoms with Crippen LogP contribution in [0, 0.1) is 17.0 Å². The Morgan fingerprint density at radius 3 is 2.41 bits per heavy atom. The van der Waals surface area contributed by atoms with Gasteiger partial charge in [0.15, 0.2) is 0 Å². The van der Waals surface area contributed by atoms with E-state index in [0.29, 0.717) is 6.54 Å². The SMILES string of the molecule is CCN(c1ncnc(NNS(=O)(=O)c2ccc(C)cc2)c1[N+](=O)[O-])c1cccc2ccccc12. The predicted molar refractivity (Wildman–Crippen MR) is 130 cm³/mol. The van der Waals surface area contributed by atoms with Gasteiger partial charge in [-0.15, -0.1) is 4.83 Å². The fourth-order valence-corrected chi connectivity index (χ4v) is 4.44. The van der Waals surface area contributed by atoms with Crippen molar-refractivity contribution in [3.63, 3.8) is 0 Å². The van der Waals surface area contributed by atoms with Gasteiger partial charge in [0.05, 0.1) is 15.5 Å². The van der Waals surface area contributed by atoms with E-state index in [0.717, 1.165) is 28.4 Å². The summed E-state index contributed by atoms with van der Waals surface area (Å²) < 4.78 is 25.3. The van der Waals surface area contributed by atoms with Gasteiger partial charge in [-0.2, -0.15) is 0 Å². The summed E-state index contributed by atoms with van der Waals surface area (Å²) in [7, 11) is -4.00. The summed E-state index contributed by atoms with van der Waals surface area (Å²) in [5, 5.41) is 13.9. The third-order valence-corrected chi connectivity index (χ3v) is 6.51. The number of hydrogen-bond acceptors (Lipinski definition) is 8. The maximum absolute atomic E-state index is 12.6. The smallest absolute Gasteiger partial charge is 0.320 e. The van der Waals surface area contributed by atoms with Crippen molar-refractivity contribution in [2.24, 2.45) is 0 Å². The van der Waals surface area contributed by atoms with E-state index in [-0.39, 0.29) is 16.5 Å². The van der Waals surface area contributed by atoms with Crippen molar-refractivity contribution in [1.29, 1.82) is 0 Å². The highest BCUT2D eigenvalue weighted by molar-refractivity contribution is 7.89. The van der Waals surface area contributed by atoms with Gasteiger partial charge in [-0.05, 0) is 37.4 Å². The molecule has 0 radical (unpaired) electrons. The molecule has 4 rings (SSSR count). The number of aromatic nitrogens is 2. The van der Waals surface area contributed by atoms with Crippen LogP contribution in [-0.2, 0) is 10.0 Å². The van der Waals surface area contributed by atoms with Crippen LogP contribution in [0.2, 0.25) is 0 Å². The van der Waals surface area contributed by atoms with E-state index in [4.69, 9.17) is 0 Å². The van der Waals surface area contributed by atoms with Gasteiger partial charge in [-0.3, -0.25) is 15.5 Å². The van der Waals surface area contributed by atoms with Crippen molar-refractivity contribution in [1.82, 2.24) is 14.8 Å². The van der Waals surface area contributed by atoms with Gasteiger partial charge in [-0.25, -0.2) is 18.4 Å². The molecule has 10 nitrogen and oxygen atoms in total. The molecule has 0 aliphatic carbocycles. The van der Waals surface area contributed by atoms with E-state index in [1.54, 1.807) is 17.0 Å². The molecule has 0 aliphatic heterocycles. The molecular formula is C23H22N6O4S. The third-order valence-electron chi connectivity index (χ3n) is 5.25. The molecule has 0 bridgehead atoms. The van der Waals surface area contributed by atoms with Gasteiger partial charge in [0.1, 0.15) is 6.33 Å². The predicted octanol–water partition coefficient (Wildman–Crippen LogP) is 4.31. The van der Waals surface area contributed by atoms with E-state index in [1.165, 1.54) is 12.1 Å². The number of nitro groups is 1. The lowest BCUT2D eigenvalue weighted by Gasteiger charge is -2.24. The van der Waals surface area contributed by atoms with Gasteiger partial charge in [0.25, 0.3) is 10.0 Å². The normalized spacial score (nSPS) is 11.4. The molecule has 0 saturated carbocycles. The van der Waals surface area contributed by atoms with Crippen LogP contribution in [0.3, 0.4) is 0 Å². The Morgan fingerprint density at radius 1 is 1.00 bits per heavy atom. The number of nitrogens with zero attached hydrogens (tertiary/aromatic N) is 4. The largest absolute Gasteiger partial charge is 0.355 e. The topological polar surface area (TPSA) is 130 Å². The van der Waals surface area contributed by atoms with Crippen molar-refractivity contribution < 1.29 is 13.3 Å². The first-order chi connectivity index (χ1) is 16.3. The van der Waals surface area contributed by atoms with Crippen molar-refractivity contribution in [2.45, 2.75) is 18.7 Å². The van der Waals surface area contributed by atoms with E-state index in [2.05, 4.69) is 20.2 Å². The maximum Gasteiger partial charge on any atom is 0.355 e. The Bertz CT molecular complexity index is 1450. The summed E-state index contributed by atoms with van der Waals surface area (Å²) in [6, 6.07) is 19.5. The molecule has 2 N–H and O–H groups in total. The lowest BCUT2D eigenvalue weighted by atomic mass is 10.1. The summed E-state index contributed by atoms with van der Waals surface area (Å²) in [4.78, 5) is 23.4. The minimum Gasteiger partial charge on any atom is -0.320 e. The van der Waals surface area contributed by atoms with E-state index >= 15 is 0 Å². The molecular weight excluding hydrogens is 456 g/mol. The van der Waals surface area contributed by atoms with Crippen molar-refractivity contribution in [2.75, 3.05) is 16.9 Å². The molecule has 0 unspecified atom stereocenters. The van der Waals surface area contributed by atoms with Crippen LogP contribution in [0.1, 0.15) is 12.5 Å². The molecule has 11 heteroatoms. The van der Waals surface area contributed by atoms with E-state index in [1.807, 2.05) is 56.3 Å². The lowest BCUT2D eigenvalue weighted by molar-refractivity contribution is -0.383. The first-order valence-corrected chi connectivity index (χ1v) is 11.9. The molecule has 34 heavy (non-hydrogen) atoms. The highest BCUT2D eigenvalue weighted by Crippen LogP contribution is 2.38. The highest BCUT2D eigenvalue weighted by atomic mass is 32.2. The monoisotopic (exact) mass is 478 g/mol. The van der Waals surface area contributed by atoms with Crippen LogP contribution in [0.15, 0.2) is 78.0 Å². The van der Waals surface area contributed by atoms with Crippen LogP contribution in [0.25, 0.3) is 10.8 Å². The lowest BCUT2D eigenvalue weighted by Crippen LogP contribution is -2.31. The average Bonchev–Trinajstić information content (AvgIpc) is 2.83. The molecule has 1 aromatic heterocycles. The average molecular weight is 479 g/mol. The summed E-state index contributed by atoms with van der Waals surface area (Å²) in [5.41, 5.74) is 3.57.